The molecule has 8 heteroatoms. The number of halogens is 1. The van der Waals surface area contributed by atoms with Gasteiger partial charge in [0.25, 0.3) is 5.69 Å². The number of hydrogen-bond donors (Lipinski definition) is 0. The normalized spacial score (nSPS) is 11.8. The lowest BCUT2D eigenvalue weighted by Gasteiger charge is -2.25. The van der Waals surface area contributed by atoms with Gasteiger partial charge in [-0.1, -0.05) is 11.6 Å². The second-order valence-corrected chi connectivity index (χ2v) is 4.12. The number of carbonyl (C=O) groups excluding carboxylic acids is 1. The van der Waals surface area contributed by atoms with Crippen molar-refractivity contribution in [3.8, 4) is 0 Å². The number of anilines is 1. The van der Waals surface area contributed by atoms with Crippen LogP contribution in [0.2, 0.25) is 5.15 Å². The monoisotopic (exact) mass is 287 g/mol. The smallest absolute Gasteiger partial charge is 0.328 e. The van der Waals surface area contributed by atoms with E-state index < -0.39 is 16.9 Å². The van der Waals surface area contributed by atoms with Crippen molar-refractivity contribution < 1.29 is 14.5 Å². The number of carbonyl (C=O) groups is 1. The van der Waals surface area contributed by atoms with Crippen LogP contribution in [0.3, 0.4) is 0 Å². The molecule has 0 N–H and O–H groups in total. The summed E-state index contributed by atoms with van der Waals surface area (Å²) < 4.78 is 4.87. The van der Waals surface area contributed by atoms with Gasteiger partial charge in [0.1, 0.15) is 6.04 Å². The molecule has 104 valence electrons. The maximum absolute atomic E-state index is 11.7. The number of likely N-dealkylation sites (N-methyl/N-ethyl adjacent to an activating group) is 1. The highest BCUT2D eigenvalue weighted by Crippen LogP contribution is 2.34. The largest absolute Gasteiger partial charge is 0.464 e. The van der Waals surface area contributed by atoms with E-state index in [0.29, 0.717) is 0 Å². The summed E-state index contributed by atoms with van der Waals surface area (Å²) in [5.74, 6) is -0.487. The van der Waals surface area contributed by atoms with Crippen molar-refractivity contribution in [3.05, 3.63) is 27.5 Å². The van der Waals surface area contributed by atoms with Crippen molar-refractivity contribution in [2.24, 2.45) is 0 Å². The molecule has 0 saturated heterocycles. The molecule has 0 fully saturated rings. The molecule has 0 unspecified atom stereocenters. The van der Waals surface area contributed by atoms with Crippen molar-refractivity contribution in [2.75, 3.05) is 18.6 Å². The lowest BCUT2D eigenvalue weighted by atomic mass is 10.2. The van der Waals surface area contributed by atoms with Gasteiger partial charge < -0.3 is 9.64 Å². The van der Waals surface area contributed by atoms with Gasteiger partial charge in [0, 0.05) is 19.3 Å². The number of aromatic nitrogens is 1. The Morgan fingerprint density at radius 1 is 1.68 bits per heavy atom. The van der Waals surface area contributed by atoms with Crippen molar-refractivity contribution in [1.29, 1.82) is 0 Å². The molecule has 0 saturated carbocycles. The molecule has 1 rings (SSSR count). The summed E-state index contributed by atoms with van der Waals surface area (Å²) in [5, 5.41) is 10.9. The van der Waals surface area contributed by atoms with Crippen molar-refractivity contribution in [1.82, 2.24) is 4.98 Å². The van der Waals surface area contributed by atoms with Crippen LogP contribution in [0.25, 0.3) is 0 Å². The van der Waals surface area contributed by atoms with Crippen LogP contribution in [-0.2, 0) is 9.53 Å². The van der Waals surface area contributed by atoms with Gasteiger partial charge in [-0.3, -0.25) is 10.1 Å². The van der Waals surface area contributed by atoms with E-state index in [1.165, 1.54) is 24.2 Å². The minimum atomic E-state index is -0.708. The zero-order chi connectivity index (χ0) is 14.6. The zero-order valence-corrected chi connectivity index (χ0v) is 11.5. The molecule has 1 atom stereocenters. The summed E-state index contributed by atoms with van der Waals surface area (Å²) in [6, 6.07) is 0.524. The quantitative estimate of drug-likeness (QED) is 0.356. The van der Waals surface area contributed by atoms with Crippen molar-refractivity contribution >= 4 is 28.9 Å². The van der Waals surface area contributed by atoms with E-state index in [1.54, 1.807) is 13.8 Å². The van der Waals surface area contributed by atoms with Gasteiger partial charge in [0.05, 0.1) is 11.5 Å². The molecule has 0 spiro atoms. The Balaban J connectivity index is 3.15. The molecule has 19 heavy (non-hydrogen) atoms. The lowest BCUT2D eigenvalue weighted by Crippen LogP contribution is -2.37. The molecule has 7 nitrogen and oxygen atoms in total. The van der Waals surface area contributed by atoms with Crippen molar-refractivity contribution in [2.45, 2.75) is 19.9 Å². The summed E-state index contributed by atoms with van der Waals surface area (Å²) in [7, 11) is 1.53. The number of nitro groups is 1. The summed E-state index contributed by atoms with van der Waals surface area (Å²) in [6.45, 7) is 3.50. The Morgan fingerprint density at radius 3 is 2.84 bits per heavy atom. The molecular formula is C11H14ClN3O4. The minimum absolute atomic E-state index is 0.0344. The van der Waals surface area contributed by atoms with E-state index in [-0.39, 0.29) is 23.1 Å². The maximum atomic E-state index is 11.7. The first-order valence-corrected chi connectivity index (χ1v) is 5.96. The van der Waals surface area contributed by atoms with Crippen LogP contribution >= 0.6 is 11.6 Å². The maximum Gasteiger partial charge on any atom is 0.328 e. The van der Waals surface area contributed by atoms with Gasteiger partial charge in [0.2, 0.25) is 0 Å². The highest BCUT2D eigenvalue weighted by molar-refractivity contribution is 6.32. The summed E-state index contributed by atoms with van der Waals surface area (Å²) >= 11 is 5.88. The van der Waals surface area contributed by atoms with Crippen LogP contribution in [-0.4, -0.2) is 35.6 Å². The van der Waals surface area contributed by atoms with Crippen LogP contribution in [0.1, 0.15) is 13.8 Å². The van der Waals surface area contributed by atoms with Gasteiger partial charge in [-0.15, -0.1) is 0 Å². The van der Waals surface area contributed by atoms with Gasteiger partial charge in [-0.25, -0.2) is 9.78 Å². The second-order valence-electron chi connectivity index (χ2n) is 3.77. The minimum Gasteiger partial charge on any atom is -0.464 e. The molecular weight excluding hydrogens is 274 g/mol. The van der Waals surface area contributed by atoms with Gasteiger partial charge >= 0.3 is 5.97 Å². The predicted molar refractivity (Wildman–Crippen MR) is 70.4 cm³/mol. The Hall–Kier alpha value is -1.89. The number of rotatable bonds is 5. The molecule has 0 radical (unpaired) electrons. The lowest BCUT2D eigenvalue weighted by molar-refractivity contribution is -0.384. The fourth-order valence-electron chi connectivity index (χ4n) is 1.51. The molecule has 0 aliphatic heterocycles. The van der Waals surface area contributed by atoms with E-state index in [9.17, 15) is 14.9 Å². The molecule has 0 bridgehead atoms. The van der Waals surface area contributed by atoms with E-state index >= 15 is 0 Å². The highest BCUT2D eigenvalue weighted by Gasteiger charge is 2.28. The third-order valence-electron chi connectivity index (χ3n) is 2.62. The predicted octanol–water partition coefficient (Wildman–Crippen LogP) is 2.03. The highest BCUT2D eigenvalue weighted by atomic mass is 35.5. The average Bonchev–Trinajstić information content (AvgIpc) is 2.36. The van der Waals surface area contributed by atoms with Crippen LogP contribution in [0, 0.1) is 10.1 Å². The molecule has 1 aromatic heterocycles. The molecule has 0 amide bonds. The number of pyridine rings is 1. The summed E-state index contributed by atoms with van der Waals surface area (Å²) in [4.78, 5) is 27.2. The average molecular weight is 288 g/mol. The first-order valence-electron chi connectivity index (χ1n) is 5.58. The topological polar surface area (TPSA) is 85.6 Å². The van der Waals surface area contributed by atoms with E-state index in [2.05, 4.69) is 4.98 Å². The Bertz CT molecular complexity index is 495. The van der Waals surface area contributed by atoms with Crippen LogP contribution in [0.5, 0.6) is 0 Å². The third kappa shape index (κ3) is 3.31. The van der Waals surface area contributed by atoms with Crippen molar-refractivity contribution in [3.63, 3.8) is 0 Å². The number of esters is 1. The van der Waals surface area contributed by atoms with Crippen LogP contribution in [0.15, 0.2) is 12.3 Å². The molecule has 0 aliphatic carbocycles. The molecule has 1 heterocycles. The first-order chi connectivity index (χ1) is 8.90. The van der Waals surface area contributed by atoms with Gasteiger partial charge in [0.15, 0.2) is 10.8 Å². The van der Waals surface area contributed by atoms with E-state index in [1.807, 2.05) is 0 Å². The number of hydrogen-bond acceptors (Lipinski definition) is 6. The Labute approximate surface area is 115 Å². The molecule has 1 aromatic rings. The fraction of sp³-hybridized carbons (Fsp3) is 0.455. The Morgan fingerprint density at radius 2 is 2.32 bits per heavy atom. The second kappa shape index (κ2) is 6.33. The summed E-state index contributed by atoms with van der Waals surface area (Å²) in [6.07, 6.45) is 1.24. The van der Waals surface area contributed by atoms with Gasteiger partial charge in [-0.2, -0.15) is 0 Å². The number of ether oxygens (including phenoxy) is 1. The SMILES string of the molecule is CCOC(=O)[C@H](C)N(C)c1c([N+](=O)[O-])ccnc1Cl. The standard InChI is InChI=1S/C11H14ClN3O4/c1-4-19-11(16)7(2)14(3)9-8(15(17)18)5-6-13-10(9)12/h5-7H,4H2,1-3H3/t7-/m0/s1. The van der Waals surface area contributed by atoms with E-state index in [4.69, 9.17) is 16.3 Å². The third-order valence-corrected chi connectivity index (χ3v) is 2.89. The Kier molecular flexibility index (Phi) is 5.05. The zero-order valence-electron chi connectivity index (χ0n) is 10.8. The fourth-order valence-corrected chi connectivity index (χ4v) is 1.79. The molecule has 0 aromatic carbocycles. The van der Waals surface area contributed by atoms with Crippen LogP contribution in [0.4, 0.5) is 11.4 Å². The molecule has 0 aliphatic rings. The first kappa shape index (κ1) is 15.2. The van der Waals surface area contributed by atoms with Crippen LogP contribution < -0.4 is 4.90 Å². The van der Waals surface area contributed by atoms with Gasteiger partial charge in [-0.05, 0) is 13.8 Å². The summed E-state index contributed by atoms with van der Waals surface area (Å²) in [5.41, 5.74) is -0.117. The van der Waals surface area contributed by atoms with E-state index in [0.717, 1.165) is 0 Å². The number of nitrogens with zero attached hydrogens (tertiary/aromatic N) is 3.